The molecule has 0 saturated heterocycles. The van der Waals surface area contributed by atoms with E-state index in [4.69, 9.17) is 0 Å². The summed E-state index contributed by atoms with van der Waals surface area (Å²) in [6.07, 6.45) is 8.21. The van der Waals surface area contributed by atoms with Crippen LogP contribution in [0.25, 0.3) is 0 Å². The van der Waals surface area contributed by atoms with Gasteiger partial charge in [0.05, 0.1) is 6.10 Å². The summed E-state index contributed by atoms with van der Waals surface area (Å²) >= 11 is 0. The standard InChI is InChI=1S/C13H17NO/c15-13(5-9-1-3-14-4-2-9)12-7-10-6-11(10)8-12/h1-4,10-13,15H,5-8H2. The summed E-state index contributed by atoms with van der Waals surface area (Å²) in [7, 11) is 0. The molecule has 2 saturated carbocycles. The van der Waals surface area contributed by atoms with Gasteiger partial charge in [0.1, 0.15) is 0 Å². The normalized spacial score (nSPS) is 34.9. The maximum atomic E-state index is 10.1. The average Bonchev–Trinajstić information content (AvgIpc) is 2.87. The lowest BCUT2D eigenvalue weighted by molar-refractivity contribution is 0.104. The van der Waals surface area contributed by atoms with Crippen molar-refractivity contribution < 1.29 is 5.11 Å². The van der Waals surface area contributed by atoms with E-state index in [1.165, 1.54) is 24.8 Å². The Balaban J connectivity index is 1.59. The van der Waals surface area contributed by atoms with Crippen molar-refractivity contribution in [1.29, 1.82) is 0 Å². The number of hydrogen-bond donors (Lipinski definition) is 1. The van der Waals surface area contributed by atoms with E-state index in [2.05, 4.69) is 4.98 Å². The van der Waals surface area contributed by atoms with Crippen molar-refractivity contribution in [2.75, 3.05) is 0 Å². The van der Waals surface area contributed by atoms with Crippen LogP contribution in [0.2, 0.25) is 0 Å². The van der Waals surface area contributed by atoms with Gasteiger partial charge < -0.3 is 5.11 Å². The van der Waals surface area contributed by atoms with Gasteiger partial charge in [0.25, 0.3) is 0 Å². The van der Waals surface area contributed by atoms with Crippen LogP contribution in [0.4, 0.5) is 0 Å². The first-order valence-electron chi connectivity index (χ1n) is 5.90. The summed E-state index contributed by atoms with van der Waals surface area (Å²) in [6.45, 7) is 0. The topological polar surface area (TPSA) is 33.1 Å². The molecule has 0 aliphatic heterocycles. The molecule has 1 heterocycles. The van der Waals surface area contributed by atoms with E-state index in [0.29, 0.717) is 5.92 Å². The number of aliphatic hydroxyl groups is 1. The van der Waals surface area contributed by atoms with Gasteiger partial charge >= 0.3 is 0 Å². The van der Waals surface area contributed by atoms with Crippen LogP contribution in [0.3, 0.4) is 0 Å². The van der Waals surface area contributed by atoms with Crippen molar-refractivity contribution in [1.82, 2.24) is 4.98 Å². The van der Waals surface area contributed by atoms with Crippen molar-refractivity contribution in [2.24, 2.45) is 17.8 Å². The maximum Gasteiger partial charge on any atom is 0.0608 e. The van der Waals surface area contributed by atoms with E-state index in [0.717, 1.165) is 18.3 Å². The van der Waals surface area contributed by atoms with Crippen molar-refractivity contribution in [3.05, 3.63) is 30.1 Å². The summed E-state index contributed by atoms with van der Waals surface area (Å²) in [5.74, 6) is 2.48. The number of hydrogen-bond acceptors (Lipinski definition) is 2. The van der Waals surface area contributed by atoms with Crippen LogP contribution in [0, 0.1) is 17.8 Å². The molecule has 15 heavy (non-hydrogen) atoms. The highest BCUT2D eigenvalue weighted by Crippen LogP contribution is 2.55. The second-order valence-corrected chi connectivity index (χ2v) is 5.11. The lowest BCUT2D eigenvalue weighted by Gasteiger charge is -2.19. The van der Waals surface area contributed by atoms with Crippen molar-refractivity contribution in [3.63, 3.8) is 0 Å². The van der Waals surface area contributed by atoms with Gasteiger partial charge in [-0.2, -0.15) is 0 Å². The van der Waals surface area contributed by atoms with Crippen LogP contribution in [0.1, 0.15) is 24.8 Å². The van der Waals surface area contributed by atoms with Gasteiger partial charge in [0, 0.05) is 12.4 Å². The Kier molecular flexibility index (Phi) is 2.24. The molecule has 80 valence electrons. The predicted molar refractivity (Wildman–Crippen MR) is 58.3 cm³/mol. The average molecular weight is 203 g/mol. The number of nitrogens with zero attached hydrogens (tertiary/aromatic N) is 1. The van der Waals surface area contributed by atoms with E-state index in [1.807, 2.05) is 12.1 Å². The molecule has 2 aliphatic rings. The third kappa shape index (κ3) is 1.91. The third-order valence-electron chi connectivity index (χ3n) is 4.02. The van der Waals surface area contributed by atoms with E-state index in [9.17, 15) is 5.11 Å². The van der Waals surface area contributed by atoms with Gasteiger partial charge in [-0.05, 0) is 61.1 Å². The Morgan fingerprint density at radius 3 is 2.53 bits per heavy atom. The minimum Gasteiger partial charge on any atom is -0.392 e. The second kappa shape index (κ2) is 3.60. The Morgan fingerprint density at radius 2 is 1.87 bits per heavy atom. The Labute approximate surface area is 90.4 Å². The maximum absolute atomic E-state index is 10.1. The van der Waals surface area contributed by atoms with E-state index < -0.39 is 0 Å². The zero-order valence-corrected chi connectivity index (χ0v) is 8.84. The van der Waals surface area contributed by atoms with Gasteiger partial charge in [-0.3, -0.25) is 4.98 Å². The molecule has 1 N–H and O–H groups in total. The highest BCUT2D eigenvalue weighted by Gasteiger charge is 2.47. The molecule has 1 aromatic rings. The van der Waals surface area contributed by atoms with Gasteiger partial charge in [-0.25, -0.2) is 0 Å². The zero-order chi connectivity index (χ0) is 10.3. The molecule has 1 aromatic heterocycles. The minimum absolute atomic E-state index is 0.139. The largest absolute Gasteiger partial charge is 0.392 e. The molecular formula is C13H17NO. The van der Waals surface area contributed by atoms with Crippen molar-refractivity contribution in [2.45, 2.75) is 31.8 Å². The van der Waals surface area contributed by atoms with Gasteiger partial charge in [-0.15, -0.1) is 0 Å². The number of pyridine rings is 1. The molecule has 2 heteroatoms. The lowest BCUT2D eigenvalue weighted by Crippen LogP contribution is -2.21. The number of aliphatic hydroxyl groups excluding tert-OH is 1. The fourth-order valence-electron chi connectivity index (χ4n) is 3.00. The molecule has 3 unspecified atom stereocenters. The van der Waals surface area contributed by atoms with Gasteiger partial charge in [0.2, 0.25) is 0 Å². The predicted octanol–water partition coefficient (Wildman–Crippen LogP) is 2.03. The third-order valence-corrected chi connectivity index (χ3v) is 4.02. The number of rotatable bonds is 3. The van der Waals surface area contributed by atoms with Crippen molar-refractivity contribution in [3.8, 4) is 0 Å². The smallest absolute Gasteiger partial charge is 0.0608 e. The Bertz CT molecular complexity index is 328. The van der Waals surface area contributed by atoms with Crippen LogP contribution in [-0.2, 0) is 6.42 Å². The summed E-state index contributed by atoms with van der Waals surface area (Å²) in [5, 5.41) is 10.1. The molecule has 0 radical (unpaired) electrons. The molecule has 0 aromatic carbocycles. The molecular weight excluding hydrogens is 186 g/mol. The van der Waals surface area contributed by atoms with Crippen LogP contribution < -0.4 is 0 Å². The van der Waals surface area contributed by atoms with Gasteiger partial charge in [0.15, 0.2) is 0 Å². The highest BCUT2D eigenvalue weighted by atomic mass is 16.3. The summed E-state index contributed by atoms with van der Waals surface area (Å²) in [6, 6.07) is 4.00. The molecule has 3 rings (SSSR count). The minimum atomic E-state index is -0.139. The van der Waals surface area contributed by atoms with Crippen LogP contribution in [0.15, 0.2) is 24.5 Å². The van der Waals surface area contributed by atoms with Crippen molar-refractivity contribution >= 4 is 0 Å². The summed E-state index contributed by atoms with van der Waals surface area (Å²) < 4.78 is 0. The van der Waals surface area contributed by atoms with E-state index in [1.54, 1.807) is 12.4 Å². The van der Waals surface area contributed by atoms with Crippen LogP contribution in [-0.4, -0.2) is 16.2 Å². The molecule has 2 nitrogen and oxygen atoms in total. The van der Waals surface area contributed by atoms with E-state index in [-0.39, 0.29) is 6.10 Å². The first-order valence-corrected chi connectivity index (χ1v) is 5.90. The second-order valence-electron chi connectivity index (χ2n) is 5.11. The lowest BCUT2D eigenvalue weighted by atomic mass is 9.92. The fourth-order valence-corrected chi connectivity index (χ4v) is 3.00. The van der Waals surface area contributed by atoms with Gasteiger partial charge in [-0.1, -0.05) is 0 Å². The highest BCUT2D eigenvalue weighted by molar-refractivity contribution is 5.11. The zero-order valence-electron chi connectivity index (χ0n) is 8.84. The summed E-state index contributed by atoms with van der Waals surface area (Å²) in [5.41, 5.74) is 1.21. The quantitative estimate of drug-likeness (QED) is 0.815. The number of aromatic nitrogens is 1. The Hall–Kier alpha value is -0.890. The first kappa shape index (κ1) is 9.34. The number of fused-ring (bicyclic) bond motifs is 1. The molecule has 0 bridgehead atoms. The van der Waals surface area contributed by atoms with Crippen LogP contribution >= 0.6 is 0 Å². The first-order chi connectivity index (χ1) is 7.33. The molecule has 2 fully saturated rings. The molecule has 0 spiro atoms. The fraction of sp³-hybridized carbons (Fsp3) is 0.615. The molecule has 2 aliphatic carbocycles. The molecule has 3 atom stereocenters. The molecule has 0 amide bonds. The Morgan fingerprint density at radius 1 is 1.20 bits per heavy atom. The summed E-state index contributed by atoms with van der Waals surface area (Å²) in [4.78, 5) is 3.99. The van der Waals surface area contributed by atoms with Crippen LogP contribution in [0.5, 0.6) is 0 Å². The monoisotopic (exact) mass is 203 g/mol. The SMILES string of the molecule is OC(Cc1ccncc1)C1CC2CC2C1. The van der Waals surface area contributed by atoms with E-state index >= 15 is 0 Å².